The molecule has 4 nitrogen and oxygen atoms in total. The van der Waals surface area contributed by atoms with Gasteiger partial charge < -0.3 is 9.84 Å². The van der Waals surface area contributed by atoms with Crippen LogP contribution in [0.25, 0.3) is 0 Å². The zero-order valence-electron chi connectivity index (χ0n) is 9.98. The quantitative estimate of drug-likeness (QED) is 0.871. The highest BCUT2D eigenvalue weighted by atomic mass is 16.5. The van der Waals surface area contributed by atoms with E-state index < -0.39 is 5.97 Å². The number of pyridine rings is 1. The molecule has 92 valence electrons. The van der Waals surface area contributed by atoms with Crippen molar-refractivity contribution in [2.75, 3.05) is 6.61 Å². The predicted octanol–water partition coefficient (Wildman–Crippen LogP) is 2.84. The zero-order chi connectivity index (χ0) is 12.3. The van der Waals surface area contributed by atoms with Crippen molar-refractivity contribution in [2.45, 2.75) is 38.5 Å². The Morgan fingerprint density at radius 3 is 2.82 bits per heavy atom. The summed E-state index contributed by atoms with van der Waals surface area (Å²) in [6.45, 7) is 2.28. The molecule has 1 heterocycles. The maximum atomic E-state index is 11.2. The lowest BCUT2D eigenvalue weighted by atomic mass is 10.0. The van der Waals surface area contributed by atoms with Crippen LogP contribution < -0.4 is 4.74 Å². The molecule has 0 unspecified atom stereocenters. The lowest BCUT2D eigenvalue weighted by Gasteiger charge is -2.12. The number of rotatable bonds is 4. The van der Waals surface area contributed by atoms with Crippen molar-refractivity contribution in [3.8, 4) is 5.75 Å². The Morgan fingerprint density at radius 1 is 1.53 bits per heavy atom. The molecule has 0 spiro atoms. The fourth-order valence-corrected chi connectivity index (χ4v) is 2.34. The molecular formula is C13H17NO3. The summed E-state index contributed by atoms with van der Waals surface area (Å²) in [5.74, 6) is -0.166. The van der Waals surface area contributed by atoms with Gasteiger partial charge >= 0.3 is 5.97 Å². The van der Waals surface area contributed by atoms with E-state index in [1.54, 1.807) is 12.3 Å². The fraction of sp³-hybridized carbons (Fsp3) is 0.538. The lowest BCUT2D eigenvalue weighted by Crippen LogP contribution is -2.06. The van der Waals surface area contributed by atoms with Gasteiger partial charge in [0.2, 0.25) is 0 Å². The molecule has 1 aromatic heterocycles. The zero-order valence-corrected chi connectivity index (χ0v) is 9.98. The summed E-state index contributed by atoms with van der Waals surface area (Å²) >= 11 is 0. The summed E-state index contributed by atoms with van der Waals surface area (Å²) in [5, 5.41) is 9.15. The number of ether oxygens (including phenoxy) is 1. The minimum absolute atomic E-state index is 0.226. The predicted molar refractivity (Wildman–Crippen MR) is 63.6 cm³/mol. The van der Waals surface area contributed by atoms with Gasteiger partial charge in [0.15, 0.2) is 5.75 Å². The average molecular weight is 235 g/mol. The first-order valence-electron chi connectivity index (χ1n) is 6.08. The highest BCUT2D eigenvalue weighted by molar-refractivity contribution is 5.90. The largest absolute Gasteiger partial charge is 0.491 e. The van der Waals surface area contributed by atoms with Crippen LogP contribution in [-0.2, 0) is 0 Å². The van der Waals surface area contributed by atoms with E-state index in [-0.39, 0.29) is 5.56 Å². The van der Waals surface area contributed by atoms with Gasteiger partial charge in [-0.15, -0.1) is 0 Å². The van der Waals surface area contributed by atoms with E-state index in [2.05, 4.69) is 4.98 Å². The van der Waals surface area contributed by atoms with Gasteiger partial charge in [-0.05, 0) is 25.8 Å². The third-order valence-corrected chi connectivity index (χ3v) is 3.19. The summed E-state index contributed by atoms with van der Waals surface area (Å²) in [5.41, 5.74) is 1.12. The molecule has 1 saturated carbocycles. The summed E-state index contributed by atoms with van der Waals surface area (Å²) in [4.78, 5) is 15.5. The summed E-state index contributed by atoms with van der Waals surface area (Å²) in [6.07, 6.45) is 6.19. The minimum atomic E-state index is -0.949. The molecule has 0 aliphatic heterocycles. The molecular weight excluding hydrogens is 218 g/mol. The van der Waals surface area contributed by atoms with E-state index in [9.17, 15) is 4.79 Å². The van der Waals surface area contributed by atoms with E-state index in [1.807, 2.05) is 6.92 Å². The lowest BCUT2D eigenvalue weighted by molar-refractivity contribution is 0.0692. The molecule has 0 radical (unpaired) electrons. The van der Waals surface area contributed by atoms with Crippen molar-refractivity contribution < 1.29 is 14.6 Å². The number of carboxylic acid groups (broad SMARTS) is 1. The standard InChI is InChI=1S/C13H17NO3/c1-2-17-12-8-14-11(7-10(12)13(15)16)9-5-3-4-6-9/h7-9H,2-6H2,1H3,(H,15,16). The Morgan fingerprint density at radius 2 is 2.24 bits per heavy atom. The maximum absolute atomic E-state index is 11.2. The van der Waals surface area contributed by atoms with E-state index in [0.29, 0.717) is 18.3 Å². The summed E-state index contributed by atoms with van der Waals surface area (Å²) < 4.78 is 5.27. The molecule has 1 N–H and O–H groups in total. The topological polar surface area (TPSA) is 59.4 Å². The Balaban J connectivity index is 2.30. The fourth-order valence-electron chi connectivity index (χ4n) is 2.34. The number of hydrogen-bond donors (Lipinski definition) is 1. The van der Waals surface area contributed by atoms with Gasteiger partial charge in [0, 0.05) is 11.6 Å². The number of hydrogen-bond acceptors (Lipinski definition) is 3. The van der Waals surface area contributed by atoms with Crippen LogP contribution >= 0.6 is 0 Å². The van der Waals surface area contributed by atoms with Crippen LogP contribution in [0.4, 0.5) is 0 Å². The van der Waals surface area contributed by atoms with Gasteiger partial charge in [0.05, 0.1) is 12.8 Å². The first kappa shape index (κ1) is 11.9. The SMILES string of the molecule is CCOc1cnc(C2CCCC2)cc1C(=O)O. The van der Waals surface area contributed by atoms with E-state index in [0.717, 1.165) is 18.5 Å². The molecule has 1 aromatic rings. The first-order chi connectivity index (χ1) is 8.22. The number of aromatic nitrogens is 1. The number of aromatic carboxylic acids is 1. The van der Waals surface area contributed by atoms with Gasteiger partial charge in [-0.1, -0.05) is 12.8 Å². The Kier molecular flexibility index (Phi) is 3.61. The van der Waals surface area contributed by atoms with Crippen molar-refractivity contribution in [1.82, 2.24) is 4.98 Å². The Bertz CT molecular complexity index is 411. The second kappa shape index (κ2) is 5.17. The molecule has 1 aliphatic carbocycles. The van der Waals surface area contributed by atoms with Crippen LogP contribution in [0.15, 0.2) is 12.3 Å². The van der Waals surface area contributed by atoms with Gasteiger partial charge in [0.25, 0.3) is 0 Å². The highest BCUT2D eigenvalue weighted by Gasteiger charge is 2.21. The number of nitrogens with zero attached hydrogens (tertiary/aromatic N) is 1. The number of carbonyl (C=O) groups is 1. The van der Waals surface area contributed by atoms with Crippen molar-refractivity contribution in [1.29, 1.82) is 0 Å². The molecule has 4 heteroatoms. The normalized spacial score (nSPS) is 16.1. The minimum Gasteiger partial charge on any atom is -0.491 e. The van der Waals surface area contributed by atoms with Crippen molar-refractivity contribution in [2.24, 2.45) is 0 Å². The molecule has 2 rings (SSSR count). The molecule has 1 fully saturated rings. The molecule has 0 amide bonds. The van der Waals surface area contributed by atoms with Crippen LogP contribution in [0, 0.1) is 0 Å². The summed E-state index contributed by atoms with van der Waals surface area (Å²) in [7, 11) is 0. The molecule has 0 saturated heterocycles. The first-order valence-corrected chi connectivity index (χ1v) is 6.08. The second-order valence-electron chi connectivity index (χ2n) is 4.32. The smallest absolute Gasteiger partial charge is 0.339 e. The van der Waals surface area contributed by atoms with Crippen LogP contribution in [-0.4, -0.2) is 22.7 Å². The molecule has 0 atom stereocenters. The second-order valence-corrected chi connectivity index (χ2v) is 4.32. The molecule has 0 bridgehead atoms. The Hall–Kier alpha value is -1.58. The van der Waals surface area contributed by atoms with Crippen LogP contribution in [0.3, 0.4) is 0 Å². The van der Waals surface area contributed by atoms with Crippen molar-refractivity contribution >= 4 is 5.97 Å². The van der Waals surface area contributed by atoms with Crippen LogP contribution in [0.1, 0.15) is 54.6 Å². The van der Waals surface area contributed by atoms with E-state index in [4.69, 9.17) is 9.84 Å². The van der Waals surface area contributed by atoms with Crippen LogP contribution in [0.5, 0.6) is 5.75 Å². The summed E-state index contributed by atoms with van der Waals surface area (Å²) in [6, 6.07) is 1.67. The monoisotopic (exact) mass is 235 g/mol. The maximum Gasteiger partial charge on any atom is 0.339 e. The third-order valence-electron chi connectivity index (χ3n) is 3.19. The van der Waals surface area contributed by atoms with E-state index in [1.165, 1.54) is 12.8 Å². The van der Waals surface area contributed by atoms with Crippen molar-refractivity contribution in [3.63, 3.8) is 0 Å². The highest BCUT2D eigenvalue weighted by Crippen LogP contribution is 2.34. The van der Waals surface area contributed by atoms with Gasteiger partial charge in [-0.3, -0.25) is 4.98 Å². The Labute approximate surface area is 101 Å². The van der Waals surface area contributed by atoms with E-state index >= 15 is 0 Å². The third kappa shape index (κ3) is 2.57. The van der Waals surface area contributed by atoms with Crippen molar-refractivity contribution in [3.05, 3.63) is 23.5 Å². The number of carboxylic acids is 1. The molecule has 17 heavy (non-hydrogen) atoms. The average Bonchev–Trinajstić information content (AvgIpc) is 2.83. The molecule has 1 aliphatic rings. The van der Waals surface area contributed by atoms with Gasteiger partial charge in [-0.2, -0.15) is 0 Å². The molecule has 0 aromatic carbocycles. The van der Waals surface area contributed by atoms with Gasteiger partial charge in [-0.25, -0.2) is 4.79 Å². The van der Waals surface area contributed by atoms with Crippen LogP contribution in [0.2, 0.25) is 0 Å². The van der Waals surface area contributed by atoms with Gasteiger partial charge in [0.1, 0.15) is 5.56 Å².